The molecule has 5 nitrogen and oxygen atoms in total. The molecule has 0 radical (unpaired) electrons. The van der Waals surface area contributed by atoms with Crippen LogP contribution in [-0.4, -0.2) is 34.6 Å². The van der Waals surface area contributed by atoms with Gasteiger partial charge in [-0.2, -0.15) is 0 Å². The quantitative estimate of drug-likeness (QED) is 0.798. The van der Waals surface area contributed by atoms with Crippen LogP contribution in [0, 0.1) is 0 Å². The molecule has 2 atom stereocenters. The van der Waals surface area contributed by atoms with Crippen molar-refractivity contribution in [3.05, 3.63) is 18.2 Å². The Morgan fingerprint density at radius 1 is 1.71 bits per heavy atom. The van der Waals surface area contributed by atoms with Crippen molar-refractivity contribution in [2.24, 2.45) is 7.05 Å². The lowest BCUT2D eigenvalue weighted by Crippen LogP contribution is -2.48. The van der Waals surface area contributed by atoms with Crippen LogP contribution in [-0.2, 0) is 11.8 Å². The van der Waals surface area contributed by atoms with Gasteiger partial charge in [0, 0.05) is 31.9 Å². The zero-order chi connectivity index (χ0) is 12.3. The van der Waals surface area contributed by atoms with Crippen LogP contribution < -0.4 is 10.6 Å². The molecule has 0 bridgehead atoms. The van der Waals surface area contributed by atoms with Crippen molar-refractivity contribution in [3.8, 4) is 0 Å². The fourth-order valence-corrected chi connectivity index (χ4v) is 2.42. The summed E-state index contributed by atoms with van der Waals surface area (Å²) in [5, 5.41) is 6.13. The van der Waals surface area contributed by atoms with Crippen LogP contribution in [0.3, 0.4) is 0 Å². The van der Waals surface area contributed by atoms with Crippen LogP contribution >= 0.6 is 0 Å². The Hall–Kier alpha value is -1.36. The first kappa shape index (κ1) is 12.1. The van der Waals surface area contributed by atoms with Crippen molar-refractivity contribution >= 4 is 5.91 Å². The predicted octanol–water partition coefficient (Wildman–Crippen LogP) is 0.392. The van der Waals surface area contributed by atoms with Crippen molar-refractivity contribution in [2.75, 3.05) is 13.1 Å². The Kier molecular flexibility index (Phi) is 3.78. The average molecular weight is 236 g/mol. The number of piperidine rings is 1. The number of likely N-dealkylation sites (N-methyl/N-ethyl adjacent to an activating group) is 1. The Morgan fingerprint density at radius 3 is 3.18 bits per heavy atom. The highest BCUT2D eigenvalue weighted by Gasteiger charge is 2.29. The fourth-order valence-electron chi connectivity index (χ4n) is 2.42. The van der Waals surface area contributed by atoms with Gasteiger partial charge in [-0.15, -0.1) is 0 Å². The molecule has 2 N–H and O–H groups in total. The van der Waals surface area contributed by atoms with Crippen molar-refractivity contribution in [1.29, 1.82) is 0 Å². The number of hydrogen-bond donors (Lipinski definition) is 2. The molecule has 1 aliphatic heterocycles. The van der Waals surface area contributed by atoms with E-state index in [0.717, 1.165) is 25.2 Å². The summed E-state index contributed by atoms with van der Waals surface area (Å²) in [5.41, 5.74) is 0. The minimum absolute atomic E-state index is 0.0783. The summed E-state index contributed by atoms with van der Waals surface area (Å²) in [4.78, 5) is 16.2. The summed E-state index contributed by atoms with van der Waals surface area (Å²) in [6, 6.07) is -0.0783. The Bertz CT molecular complexity index is 388. The van der Waals surface area contributed by atoms with E-state index in [-0.39, 0.29) is 11.9 Å². The number of nitrogens with zero attached hydrogens (tertiary/aromatic N) is 2. The summed E-state index contributed by atoms with van der Waals surface area (Å²) in [6.45, 7) is 3.50. The van der Waals surface area contributed by atoms with Gasteiger partial charge in [0.05, 0.1) is 6.04 Å². The van der Waals surface area contributed by atoms with E-state index in [9.17, 15) is 4.79 Å². The molecule has 1 amide bonds. The molecule has 5 heteroatoms. The summed E-state index contributed by atoms with van der Waals surface area (Å²) in [5.74, 6) is 1.57. The number of aromatic nitrogens is 2. The third-order valence-corrected chi connectivity index (χ3v) is 3.29. The lowest BCUT2D eigenvalue weighted by molar-refractivity contribution is -0.123. The van der Waals surface area contributed by atoms with Crippen molar-refractivity contribution in [2.45, 2.75) is 31.7 Å². The molecule has 1 saturated heterocycles. The first-order chi connectivity index (χ1) is 8.22. The number of nitrogens with one attached hydrogen (secondary N) is 2. The number of imidazole rings is 1. The van der Waals surface area contributed by atoms with Crippen LogP contribution in [0.5, 0.6) is 0 Å². The first-order valence-corrected chi connectivity index (χ1v) is 6.20. The first-order valence-electron chi connectivity index (χ1n) is 6.20. The van der Waals surface area contributed by atoms with Gasteiger partial charge in [-0.1, -0.05) is 0 Å². The highest BCUT2D eigenvalue weighted by molar-refractivity contribution is 5.81. The molecule has 0 spiro atoms. The van der Waals surface area contributed by atoms with Crippen molar-refractivity contribution < 1.29 is 4.79 Å². The molecule has 0 saturated carbocycles. The number of rotatable bonds is 3. The summed E-state index contributed by atoms with van der Waals surface area (Å²) >= 11 is 0. The maximum Gasteiger partial charge on any atom is 0.237 e. The van der Waals surface area contributed by atoms with Gasteiger partial charge in [0.25, 0.3) is 0 Å². The minimum atomic E-state index is -0.0783. The van der Waals surface area contributed by atoms with E-state index in [0.29, 0.717) is 12.5 Å². The number of amides is 1. The van der Waals surface area contributed by atoms with Crippen LogP contribution in [0.2, 0.25) is 0 Å². The van der Waals surface area contributed by atoms with E-state index < -0.39 is 0 Å². The summed E-state index contributed by atoms with van der Waals surface area (Å²) < 4.78 is 2.05. The van der Waals surface area contributed by atoms with Crippen LogP contribution in [0.4, 0.5) is 0 Å². The van der Waals surface area contributed by atoms with E-state index in [4.69, 9.17) is 0 Å². The maximum absolute atomic E-state index is 11.8. The molecule has 1 fully saturated rings. The highest BCUT2D eigenvalue weighted by atomic mass is 16.2. The lowest BCUT2D eigenvalue weighted by Gasteiger charge is -2.29. The number of carbonyl (C=O) groups is 1. The van der Waals surface area contributed by atoms with Crippen LogP contribution in [0.25, 0.3) is 0 Å². The molecular formula is C12H20N4O. The SMILES string of the molecule is CCNC(=O)C1CC(c2nccn2C)CCN1. The molecule has 1 aliphatic rings. The van der Waals surface area contributed by atoms with E-state index in [1.165, 1.54) is 0 Å². The van der Waals surface area contributed by atoms with E-state index in [1.54, 1.807) is 0 Å². The lowest BCUT2D eigenvalue weighted by atomic mass is 9.91. The maximum atomic E-state index is 11.8. The Labute approximate surface area is 102 Å². The second-order valence-electron chi connectivity index (χ2n) is 4.52. The van der Waals surface area contributed by atoms with Gasteiger partial charge in [0.15, 0.2) is 0 Å². The smallest absolute Gasteiger partial charge is 0.237 e. The zero-order valence-corrected chi connectivity index (χ0v) is 10.4. The number of carbonyl (C=O) groups excluding carboxylic acids is 1. The van der Waals surface area contributed by atoms with E-state index in [2.05, 4.69) is 15.6 Å². The number of hydrogen-bond acceptors (Lipinski definition) is 3. The highest BCUT2D eigenvalue weighted by Crippen LogP contribution is 2.26. The summed E-state index contributed by atoms with van der Waals surface area (Å²) in [7, 11) is 2.01. The molecule has 0 aromatic carbocycles. The Morgan fingerprint density at radius 2 is 2.53 bits per heavy atom. The predicted molar refractivity (Wildman–Crippen MR) is 65.7 cm³/mol. The van der Waals surface area contributed by atoms with E-state index in [1.807, 2.05) is 30.9 Å². The Balaban J connectivity index is 2.02. The molecule has 1 aromatic heterocycles. The molecule has 2 rings (SSSR count). The monoisotopic (exact) mass is 236 g/mol. The molecule has 17 heavy (non-hydrogen) atoms. The fraction of sp³-hybridized carbons (Fsp3) is 0.667. The van der Waals surface area contributed by atoms with Gasteiger partial charge in [0.2, 0.25) is 5.91 Å². The van der Waals surface area contributed by atoms with Gasteiger partial charge in [-0.25, -0.2) is 4.98 Å². The van der Waals surface area contributed by atoms with Crippen LogP contribution in [0.1, 0.15) is 31.5 Å². The van der Waals surface area contributed by atoms with Gasteiger partial charge >= 0.3 is 0 Å². The molecule has 94 valence electrons. The van der Waals surface area contributed by atoms with Crippen molar-refractivity contribution in [3.63, 3.8) is 0 Å². The van der Waals surface area contributed by atoms with Gasteiger partial charge in [-0.05, 0) is 26.3 Å². The van der Waals surface area contributed by atoms with E-state index >= 15 is 0 Å². The van der Waals surface area contributed by atoms with Gasteiger partial charge in [0.1, 0.15) is 5.82 Å². The third kappa shape index (κ3) is 2.66. The minimum Gasteiger partial charge on any atom is -0.355 e. The molecule has 1 aromatic rings. The van der Waals surface area contributed by atoms with Gasteiger partial charge in [-0.3, -0.25) is 4.79 Å². The molecule has 2 heterocycles. The number of aryl methyl sites for hydroxylation is 1. The largest absolute Gasteiger partial charge is 0.355 e. The average Bonchev–Trinajstić information content (AvgIpc) is 2.76. The van der Waals surface area contributed by atoms with Crippen molar-refractivity contribution in [1.82, 2.24) is 20.2 Å². The molecule has 0 aliphatic carbocycles. The topological polar surface area (TPSA) is 59.0 Å². The normalized spacial score (nSPS) is 24.6. The van der Waals surface area contributed by atoms with Gasteiger partial charge < -0.3 is 15.2 Å². The molecule has 2 unspecified atom stereocenters. The standard InChI is InChI=1S/C12H20N4O/c1-3-13-12(17)10-8-9(4-5-14-10)11-15-6-7-16(11)2/h6-7,9-10,14H,3-5,8H2,1-2H3,(H,13,17). The third-order valence-electron chi connectivity index (χ3n) is 3.29. The second kappa shape index (κ2) is 5.31. The molecular weight excluding hydrogens is 216 g/mol. The van der Waals surface area contributed by atoms with Crippen LogP contribution in [0.15, 0.2) is 12.4 Å². The second-order valence-corrected chi connectivity index (χ2v) is 4.52. The zero-order valence-electron chi connectivity index (χ0n) is 10.4. The summed E-state index contributed by atoms with van der Waals surface area (Å²) in [6.07, 6.45) is 5.65.